The van der Waals surface area contributed by atoms with E-state index in [1.54, 1.807) is 0 Å². The average molecular weight is 315 g/mol. The van der Waals surface area contributed by atoms with E-state index in [0.717, 1.165) is 37.9 Å². The van der Waals surface area contributed by atoms with Crippen LogP contribution in [0.1, 0.15) is 56.1 Å². The topological polar surface area (TPSA) is 57.6 Å². The molecule has 23 heavy (non-hydrogen) atoms. The van der Waals surface area contributed by atoms with Gasteiger partial charge in [-0.25, -0.2) is 0 Å². The first-order valence-corrected chi connectivity index (χ1v) is 8.80. The van der Waals surface area contributed by atoms with Crippen LogP contribution in [0.2, 0.25) is 0 Å². The van der Waals surface area contributed by atoms with Crippen molar-refractivity contribution >= 4 is 17.6 Å². The summed E-state index contributed by atoms with van der Waals surface area (Å²) >= 11 is 0. The van der Waals surface area contributed by atoms with Gasteiger partial charge < -0.3 is 10.0 Å². The van der Waals surface area contributed by atoms with Crippen molar-refractivity contribution in [2.75, 3.05) is 11.4 Å². The van der Waals surface area contributed by atoms with Gasteiger partial charge in [0.2, 0.25) is 5.91 Å². The third-order valence-electron chi connectivity index (χ3n) is 5.12. The summed E-state index contributed by atoms with van der Waals surface area (Å²) in [5, 5.41) is 8.72. The second-order valence-corrected chi connectivity index (χ2v) is 6.79. The number of carboxylic acids is 1. The molecule has 1 fully saturated rings. The molecule has 0 unspecified atom stereocenters. The highest BCUT2D eigenvalue weighted by Crippen LogP contribution is 2.33. The van der Waals surface area contributed by atoms with Gasteiger partial charge in [0.15, 0.2) is 0 Å². The number of carbonyl (C=O) groups is 2. The van der Waals surface area contributed by atoms with Gasteiger partial charge in [-0.3, -0.25) is 9.59 Å². The fourth-order valence-electron chi connectivity index (χ4n) is 3.85. The predicted molar refractivity (Wildman–Crippen MR) is 89.6 cm³/mol. The van der Waals surface area contributed by atoms with Gasteiger partial charge in [0.05, 0.1) is 0 Å². The Balaban J connectivity index is 1.65. The van der Waals surface area contributed by atoms with Crippen LogP contribution < -0.4 is 4.90 Å². The molecule has 1 heterocycles. The number of nitrogens with zero attached hydrogens (tertiary/aromatic N) is 1. The summed E-state index contributed by atoms with van der Waals surface area (Å²) in [5.41, 5.74) is 3.49. The van der Waals surface area contributed by atoms with Gasteiger partial charge >= 0.3 is 5.97 Å². The number of aliphatic carboxylic acids is 1. The highest BCUT2D eigenvalue weighted by Gasteiger charge is 2.30. The van der Waals surface area contributed by atoms with E-state index in [-0.39, 0.29) is 12.3 Å². The fraction of sp³-hybridized carbons (Fsp3) is 0.579. The molecule has 1 aromatic carbocycles. The van der Waals surface area contributed by atoms with Crippen LogP contribution in [-0.4, -0.2) is 23.5 Å². The maximum absolute atomic E-state index is 12.8. The van der Waals surface area contributed by atoms with Crippen LogP contribution in [0.4, 0.5) is 5.69 Å². The van der Waals surface area contributed by atoms with Gasteiger partial charge in [0.25, 0.3) is 0 Å². The number of aryl methyl sites for hydroxylation is 1. The summed E-state index contributed by atoms with van der Waals surface area (Å²) in [6.45, 7) is 0.795. The molecule has 0 atom stereocenters. The summed E-state index contributed by atoms with van der Waals surface area (Å²) in [7, 11) is 0. The Morgan fingerprint density at radius 3 is 2.70 bits per heavy atom. The van der Waals surface area contributed by atoms with Gasteiger partial charge in [-0.15, -0.1) is 0 Å². The van der Waals surface area contributed by atoms with Crippen LogP contribution in [0.5, 0.6) is 0 Å². The molecule has 0 radical (unpaired) electrons. The number of fused-ring (bicyclic) bond motifs is 1. The lowest BCUT2D eigenvalue weighted by Crippen LogP contribution is -2.35. The number of carbonyl (C=O) groups excluding carboxylic acids is 1. The van der Waals surface area contributed by atoms with Crippen LogP contribution in [0, 0.1) is 5.92 Å². The second kappa shape index (κ2) is 7.16. The summed E-state index contributed by atoms with van der Waals surface area (Å²) in [6, 6.07) is 6.26. The molecule has 0 saturated heterocycles. The van der Waals surface area contributed by atoms with Gasteiger partial charge in [-0.2, -0.15) is 0 Å². The number of anilines is 1. The minimum atomic E-state index is -0.740. The quantitative estimate of drug-likeness (QED) is 0.904. The van der Waals surface area contributed by atoms with Gasteiger partial charge in [0, 0.05) is 24.6 Å². The zero-order valence-electron chi connectivity index (χ0n) is 13.6. The predicted octanol–water partition coefficient (Wildman–Crippen LogP) is 3.56. The highest BCUT2D eigenvalue weighted by molar-refractivity contribution is 5.97. The van der Waals surface area contributed by atoms with E-state index in [2.05, 4.69) is 12.1 Å². The first-order chi connectivity index (χ1) is 11.1. The van der Waals surface area contributed by atoms with E-state index in [0.29, 0.717) is 12.3 Å². The molecule has 0 bridgehead atoms. The molecule has 2 aliphatic rings. The van der Waals surface area contributed by atoms with E-state index in [1.165, 1.54) is 30.4 Å². The lowest BCUT2D eigenvalue weighted by Gasteiger charge is -2.26. The van der Waals surface area contributed by atoms with Crippen molar-refractivity contribution in [3.63, 3.8) is 0 Å². The zero-order chi connectivity index (χ0) is 16.2. The first kappa shape index (κ1) is 16.0. The van der Waals surface area contributed by atoms with E-state index in [1.807, 2.05) is 11.0 Å². The number of benzene rings is 1. The van der Waals surface area contributed by atoms with Crippen LogP contribution in [0.15, 0.2) is 18.2 Å². The smallest absolute Gasteiger partial charge is 0.303 e. The minimum Gasteiger partial charge on any atom is -0.481 e. The highest BCUT2D eigenvalue weighted by atomic mass is 16.4. The summed E-state index contributed by atoms with van der Waals surface area (Å²) in [6.07, 6.45) is 8.29. The molecule has 1 saturated carbocycles. The number of hydrogen-bond acceptors (Lipinski definition) is 2. The number of amides is 1. The lowest BCUT2D eigenvalue weighted by molar-refractivity contribution is -0.137. The Kier molecular flexibility index (Phi) is 4.99. The first-order valence-electron chi connectivity index (χ1n) is 8.80. The Morgan fingerprint density at radius 1 is 1.17 bits per heavy atom. The molecule has 4 nitrogen and oxygen atoms in total. The van der Waals surface area contributed by atoms with Gasteiger partial charge in [-0.05, 0) is 49.3 Å². The Labute approximate surface area is 137 Å². The Bertz CT molecular complexity index is 590. The van der Waals surface area contributed by atoms with Crippen molar-refractivity contribution in [1.82, 2.24) is 0 Å². The number of carboxylic acid groups (broad SMARTS) is 1. The van der Waals surface area contributed by atoms with Crippen molar-refractivity contribution in [2.45, 2.75) is 57.8 Å². The van der Waals surface area contributed by atoms with E-state index in [4.69, 9.17) is 5.11 Å². The molecule has 1 amide bonds. The Morgan fingerprint density at radius 2 is 1.96 bits per heavy atom. The largest absolute Gasteiger partial charge is 0.481 e. The van der Waals surface area contributed by atoms with Crippen molar-refractivity contribution in [3.05, 3.63) is 29.3 Å². The number of rotatable bonds is 5. The van der Waals surface area contributed by atoms with Crippen LogP contribution in [-0.2, 0) is 22.4 Å². The summed E-state index contributed by atoms with van der Waals surface area (Å²) in [4.78, 5) is 25.3. The standard InChI is InChI=1S/C19H25NO3/c21-18(22)8-4-5-14-9-10-17-16(13-14)11-12-20(17)19(23)15-6-2-1-3-7-15/h9-10,13,15H,1-8,11-12H2,(H,21,22). The van der Waals surface area contributed by atoms with Crippen LogP contribution >= 0.6 is 0 Å². The maximum atomic E-state index is 12.8. The molecular weight excluding hydrogens is 290 g/mol. The minimum absolute atomic E-state index is 0.212. The average Bonchev–Trinajstić information content (AvgIpc) is 2.98. The molecule has 124 valence electrons. The molecule has 1 aliphatic heterocycles. The number of hydrogen-bond donors (Lipinski definition) is 1. The lowest BCUT2D eigenvalue weighted by atomic mass is 9.88. The van der Waals surface area contributed by atoms with Crippen LogP contribution in [0.25, 0.3) is 0 Å². The monoisotopic (exact) mass is 315 g/mol. The maximum Gasteiger partial charge on any atom is 0.303 e. The molecule has 4 heteroatoms. The molecule has 3 rings (SSSR count). The van der Waals surface area contributed by atoms with Gasteiger partial charge in [-0.1, -0.05) is 31.4 Å². The molecule has 1 aromatic rings. The SMILES string of the molecule is O=C(O)CCCc1ccc2c(c1)CCN2C(=O)C1CCCCC1. The van der Waals surface area contributed by atoms with Crippen LogP contribution in [0.3, 0.4) is 0 Å². The summed E-state index contributed by atoms with van der Waals surface area (Å²) < 4.78 is 0. The second-order valence-electron chi connectivity index (χ2n) is 6.79. The normalized spacial score (nSPS) is 18.0. The molecule has 1 N–H and O–H groups in total. The van der Waals surface area contributed by atoms with Crippen molar-refractivity contribution < 1.29 is 14.7 Å². The molecule has 1 aliphatic carbocycles. The van der Waals surface area contributed by atoms with Crippen molar-refractivity contribution in [1.29, 1.82) is 0 Å². The van der Waals surface area contributed by atoms with E-state index >= 15 is 0 Å². The van der Waals surface area contributed by atoms with Gasteiger partial charge in [0.1, 0.15) is 0 Å². The third-order valence-corrected chi connectivity index (χ3v) is 5.12. The zero-order valence-corrected chi connectivity index (χ0v) is 13.6. The molecule has 0 spiro atoms. The Hall–Kier alpha value is -1.84. The summed E-state index contributed by atoms with van der Waals surface area (Å²) in [5.74, 6) is -0.220. The fourth-order valence-corrected chi connectivity index (χ4v) is 3.85. The van der Waals surface area contributed by atoms with E-state index < -0.39 is 5.97 Å². The molecular formula is C19H25NO3. The van der Waals surface area contributed by atoms with E-state index in [9.17, 15) is 9.59 Å². The third kappa shape index (κ3) is 3.74. The van der Waals surface area contributed by atoms with Crippen molar-refractivity contribution in [3.8, 4) is 0 Å². The van der Waals surface area contributed by atoms with Crippen molar-refractivity contribution in [2.24, 2.45) is 5.92 Å². The molecule has 0 aromatic heterocycles.